The molecule has 1 aromatic rings. The van der Waals surface area contributed by atoms with E-state index in [1.807, 2.05) is 32.0 Å². The van der Waals surface area contributed by atoms with Crippen LogP contribution < -0.4 is 11.1 Å². The van der Waals surface area contributed by atoms with Gasteiger partial charge in [-0.15, -0.1) is 11.8 Å². The summed E-state index contributed by atoms with van der Waals surface area (Å²) >= 11 is 1.78. The number of carbonyl (C=O) groups is 1. The van der Waals surface area contributed by atoms with Crippen LogP contribution in [0, 0.1) is 5.92 Å². The monoisotopic (exact) mass is 280 g/mol. The zero-order valence-electron chi connectivity index (χ0n) is 12.0. The standard InChI is InChI=1S/C15H24N2OS/c1-4-9-19-12-7-8-13(16)14(10-12)17-15(18)11(5-2)6-3/h7-8,10-11H,4-6,9,16H2,1-3H3,(H,17,18). The smallest absolute Gasteiger partial charge is 0.227 e. The second-order valence-electron chi connectivity index (χ2n) is 4.60. The number of hydrogen-bond donors (Lipinski definition) is 2. The van der Waals surface area contributed by atoms with Crippen LogP contribution in [0.25, 0.3) is 0 Å². The maximum Gasteiger partial charge on any atom is 0.227 e. The lowest BCUT2D eigenvalue weighted by Gasteiger charge is -2.15. The fourth-order valence-corrected chi connectivity index (χ4v) is 2.65. The summed E-state index contributed by atoms with van der Waals surface area (Å²) in [4.78, 5) is 13.2. The number of nitrogens with two attached hydrogens (primary N) is 1. The van der Waals surface area contributed by atoms with Crippen molar-refractivity contribution in [2.24, 2.45) is 5.92 Å². The highest BCUT2D eigenvalue weighted by Gasteiger charge is 2.15. The highest BCUT2D eigenvalue weighted by atomic mass is 32.2. The van der Waals surface area contributed by atoms with Crippen molar-refractivity contribution in [2.45, 2.75) is 44.9 Å². The van der Waals surface area contributed by atoms with Gasteiger partial charge in [-0.1, -0.05) is 20.8 Å². The van der Waals surface area contributed by atoms with Gasteiger partial charge in [0.25, 0.3) is 0 Å². The van der Waals surface area contributed by atoms with Crippen LogP contribution in [-0.4, -0.2) is 11.7 Å². The fourth-order valence-electron chi connectivity index (χ4n) is 1.85. The lowest BCUT2D eigenvalue weighted by Crippen LogP contribution is -2.22. The molecule has 4 heteroatoms. The first kappa shape index (κ1) is 15.9. The summed E-state index contributed by atoms with van der Waals surface area (Å²) in [5, 5.41) is 2.95. The maximum atomic E-state index is 12.1. The molecule has 0 aromatic heterocycles. The summed E-state index contributed by atoms with van der Waals surface area (Å²) in [5.74, 6) is 1.20. The quantitative estimate of drug-likeness (QED) is 0.583. The van der Waals surface area contributed by atoms with Gasteiger partial charge >= 0.3 is 0 Å². The second-order valence-corrected chi connectivity index (χ2v) is 5.77. The van der Waals surface area contributed by atoms with E-state index in [1.54, 1.807) is 11.8 Å². The molecule has 1 rings (SSSR count). The first-order chi connectivity index (χ1) is 9.12. The van der Waals surface area contributed by atoms with Gasteiger partial charge in [-0.25, -0.2) is 0 Å². The van der Waals surface area contributed by atoms with E-state index in [-0.39, 0.29) is 11.8 Å². The second kappa shape index (κ2) is 8.10. The molecule has 0 bridgehead atoms. The van der Waals surface area contributed by atoms with Gasteiger partial charge in [-0.3, -0.25) is 4.79 Å². The summed E-state index contributed by atoms with van der Waals surface area (Å²) in [7, 11) is 0. The Morgan fingerprint density at radius 2 is 2.00 bits per heavy atom. The van der Waals surface area contributed by atoms with Crippen molar-refractivity contribution in [3.05, 3.63) is 18.2 Å². The molecule has 0 unspecified atom stereocenters. The Kier molecular flexibility index (Phi) is 6.78. The topological polar surface area (TPSA) is 55.1 Å². The van der Waals surface area contributed by atoms with Crippen LogP contribution in [0.4, 0.5) is 11.4 Å². The molecule has 3 N–H and O–H groups in total. The Hall–Kier alpha value is -1.16. The Morgan fingerprint density at radius 1 is 1.32 bits per heavy atom. The lowest BCUT2D eigenvalue weighted by atomic mass is 10.0. The average molecular weight is 280 g/mol. The van der Waals surface area contributed by atoms with E-state index in [9.17, 15) is 4.79 Å². The minimum Gasteiger partial charge on any atom is -0.397 e. The number of nitrogen functional groups attached to an aromatic ring is 1. The van der Waals surface area contributed by atoms with Crippen molar-refractivity contribution in [1.29, 1.82) is 0 Å². The van der Waals surface area contributed by atoms with Crippen LogP contribution in [0.15, 0.2) is 23.1 Å². The normalized spacial score (nSPS) is 10.7. The number of nitrogens with one attached hydrogen (secondary N) is 1. The van der Waals surface area contributed by atoms with E-state index in [2.05, 4.69) is 12.2 Å². The number of amides is 1. The van der Waals surface area contributed by atoms with E-state index in [0.29, 0.717) is 5.69 Å². The molecule has 0 saturated carbocycles. The molecule has 106 valence electrons. The molecular formula is C15H24N2OS. The molecule has 0 heterocycles. The van der Waals surface area contributed by atoms with Crippen LogP contribution in [0.2, 0.25) is 0 Å². The molecule has 0 radical (unpaired) electrons. The minimum absolute atomic E-state index is 0.0614. The zero-order valence-corrected chi connectivity index (χ0v) is 12.8. The highest BCUT2D eigenvalue weighted by molar-refractivity contribution is 7.99. The van der Waals surface area contributed by atoms with E-state index < -0.39 is 0 Å². The van der Waals surface area contributed by atoms with Crippen LogP contribution in [0.1, 0.15) is 40.0 Å². The SMILES string of the molecule is CCCSc1ccc(N)c(NC(=O)C(CC)CC)c1. The molecule has 0 aliphatic rings. The first-order valence-corrected chi connectivity index (χ1v) is 7.94. The summed E-state index contributed by atoms with van der Waals surface area (Å²) in [6.07, 6.45) is 2.84. The lowest BCUT2D eigenvalue weighted by molar-refractivity contribution is -0.120. The highest BCUT2D eigenvalue weighted by Crippen LogP contribution is 2.27. The average Bonchev–Trinajstić information content (AvgIpc) is 2.41. The molecule has 0 aliphatic carbocycles. The third kappa shape index (κ3) is 4.78. The summed E-state index contributed by atoms with van der Waals surface area (Å²) in [6, 6.07) is 5.83. The molecule has 3 nitrogen and oxygen atoms in total. The van der Waals surface area contributed by atoms with Gasteiger partial charge in [-0.05, 0) is 43.2 Å². The largest absolute Gasteiger partial charge is 0.397 e. The van der Waals surface area contributed by atoms with Gasteiger partial charge in [0.15, 0.2) is 0 Å². The predicted molar refractivity (Wildman–Crippen MR) is 84.6 cm³/mol. The summed E-state index contributed by atoms with van der Waals surface area (Å²) in [6.45, 7) is 6.22. The third-order valence-corrected chi connectivity index (χ3v) is 4.31. The van der Waals surface area contributed by atoms with Crippen molar-refractivity contribution < 1.29 is 4.79 Å². The molecular weight excluding hydrogens is 256 g/mol. The summed E-state index contributed by atoms with van der Waals surface area (Å²) < 4.78 is 0. The van der Waals surface area contributed by atoms with Gasteiger partial charge in [0.1, 0.15) is 0 Å². The zero-order chi connectivity index (χ0) is 14.3. The van der Waals surface area contributed by atoms with Crippen molar-refractivity contribution in [2.75, 3.05) is 16.8 Å². The van der Waals surface area contributed by atoms with Gasteiger partial charge < -0.3 is 11.1 Å². The van der Waals surface area contributed by atoms with Crippen molar-refractivity contribution in [3.63, 3.8) is 0 Å². The van der Waals surface area contributed by atoms with Gasteiger partial charge in [0.05, 0.1) is 11.4 Å². The van der Waals surface area contributed by atoms with Crippen molar-refractivity contribution >= 4 is 29.0 Å². The molecule has 0 atom stereocenters. The molecule has 0 spiro atoms. The van der Waals surface area contributed by atoms with E-state index >= 15 is 0 Å². The van der Waals surface area contributed by atoms with Crippen molar-refractivity contribution in [1.82, 2.24) is 0 Å². The number of anilines is 2. The van der Waals surface area contributed by atoms with Crippen LogP contribution in [0.3, 0.4) is 0 Å². The maximum absolute atomic E-state index is 12.1. The number of carbonyl (C=O) groups excluding carboxylic acids is 1. The van der Waals surface area contributed by atoms with Crippen LogP contribution in [-0.2, 0) is 4.79 Å². The van der Waals surface area contributed by atoms with Crippen molar-refractivity contribution in [3.8, 4) is 0 Å². The summed E-state index contributed by atoms with van der Waals surface area (Å²) in [5.41, 5.74) is 7.28. The number of thioether (sulfide) groups is 1. The Bertz CT molecular complexity index is 417. The number of benzene rings is 1. The minimum atomic E-state index is 0.0614. The van der Waals surface area contributed by atoms with Gasteiger partial charge in [0.2, 0.25) is 5.91 Å². The van der Waals surface area contributed by atoms with Crippen LogP contribution >= 0.6 is 11.8 Å². The predicted octanol–water partition coefficient (Wildman–Crippen LogP) is 4.15. The van der Waals surface area contributed by atoms with E-state index in [4.69, 9.17) is 5.73 Å². The van der Waals surface area contributed by atoms with E-state index in [1.165, 1.54) is 0 Å². The molecule has 0 aliphatic heterocycles. The van der Waals surface area contributed by atoms with Crippen LogP contribution in [0.5, 0.6) is 0 Å². The molecule has 1 aromatic carbocycles. The number of hydrogen-bond acceptors (Lipinski definition) is 3. The molecule has 0 saturated heterocycles. The Labute approximate surface area is 120 Å². The molecule has 19 heavy (non-hydrogen) atoms. The first-order valence-electron chi connectivity index (χ1n) is 6.95. The van der Waals surface area contributed by atoms with Gasteiger partial charge in [0, 0.05) is 10.8 Å². The third-order valence-electron chi connectivity index (χ3n) is 3.11. The fraction of sp³-hybridized carbons (Fsp3) is 0.533. The van der Waals surface area contributed by atoms with E-state index in [0.717, 1.165) is 35.6 Å². The van der Waals surface area contributed by atoms with Gasteiger partial charge in [-0.2, -0.15) is 0 Å². The molecule has 0 fully saturated rings. The molecule has 1 amide bonds. The number of rotatable bonds is 7. The Balaban J connectivity index is 2.78. The Morgan fingerprint density at radius 3 is 2.58 bits per heavy atom.